The quantitative estimate of drug-likeness (QED) is 0.0175. The molecular weight excluding hydrogens is 1620 g/mol. The highest BCUT2D eigenvalue weighted by molar-refractivity contribution is 6.27. The molecule has 0 aliphatic rings. The highest BCUT2D eigenvalue weighted by Crippen LogP contribution is 2.51. The Morgan fingerprint density at radius 3 is 0.341 bits per heavy atom. The predicted octanol–water partition coefficient (Wildman–Crippen LogP) is 29.8. The van der Waals surface area contributed by atoms with Crippen molar-refractivity contribution in [2.24, 2.45) is 61.4 Å². The number of rotatable bonds is 30. The molecule has 16 aromatic rings. The average Bonchev–Trinajstić information content (AvgIpc) is 0.720. The fourth-order valence-corrected chi connectivity index (χ4v) is 12.3. The van der Waals surface area contributed by atoms with E-state index in [2.05, 4.69) is 61.4 Å². The van der Waals surface area contributed by atoms with Crippen molar-refractivity contribution in [2.45, 2.75) is 0 Å². The van der Waals surface area contributed by atoms with Crippen LogP contribution in [0.4, 0.5) is 102 Å². The molecule has 0 amide bonds. The Hall–Kier alpha value is -18.9. The van der Waals surface area contributed by atoms with Crippen molar-refractivity contribution < 1.29 is 58.0 Å². The van der Waals surface area contributed by atoms with Gasteiger partial charge in [-0.1, -0.05) is 0 Å². The number of benzene rings is 16. The van der Waals surface area contributed by atoms with Gasteiger partial charge in [0.15, 0.2) is 34.5 Å². The van der Waals surface area contributed by atoms with Crippen LogP contribution in [-0.2, 0) is 0 Å². The molecule has 16 aromatic carbocycles. The summed E-state index contributed by atoms with van der Waals surface area (Å²) >= 11 is 0. The predicted molar refractivity (Wildman–Crippen MR) is 462 cm³/mol. The van der Waals surface area contributed by atoms with Crippen LogP contribution in [0.15, 0.2) is 389 Å². The Morgan fingerprint density at radius 2 is 0.246 bits per heavy atom. The third-order valence-corrected chi connectivity index (χ3v) is 18.6. The lowest BCUT2D eigenvalue weighted by molar-refractivity contribution is -0.385. The minimum atomic E-state index is -0.519. The minimum Gasteiger partial charge on any atom is -0.453 e. The summed E-state index contributed by atoms with van der Waals surface area (Å²) in [7, 11) is 0. The lowest BCUT2D eigenvalue weighted by atomic mass is 9.93. The fraction of sp³-hybridized carbons (Fsp3) is 0. The summed E-state index contributed by atoms with van der Waals surface area (Å²) < 4.78 is 41.5. The van der Waals surface area contributed by atoms with Crippen molar-refractivity contribution >= 4 is 135 Å². The second-order valence-corrected chi connectivity index (χ2v) is 27.0. The molecule has 0 aliphatic carbocycles. The zero-order valence-corrected chi connectivity index (χ0v) is 64.6. The zero-order chi connectivity index (χ0) is 87.2. The molecule has 36 nitrogen and oxygen atoms in total. The third kappa shape index (κ3) is 19.9. The van der Waals surface area contributed by atoms with E-state index in [9.17, 15) is 60.7 Å². The van der Waals surface area contributed by atoms with Gasteiger partial charge in [-0.15, -0.1) is 0 Å². The SMILES string of the molecule is O=[N+]([O-])c1ccc(N=Nc2ccc(Oc3cc4c5cc(Oc6ccc(N=Nc7ccc([N+](=O)[O-])cc7)cc6)c(Oc6ccc(N=Nc7ccc([N+](=O)[O-])cc7)cc6)cc5c5cc(Oc6ccc(N=Nc7ccc([N+](=O)[O-])cc7)cc6)c(Oc6ccc(N=Nc7ccc([N+](=O)[O-])cc7)cc6)cc5c4cc3Oc3ccc(N=Nc4ccc([N+](=O)[O-])cc4)cc3)cc2)cc1. The third-order valence-electron chi connectivity index (χ3n) is 18.6. The number of non-ortho nitro benzene ring substituents is 6. The van der Waals surface area contributed by atoms with Gasteiger partial charge in [0.25, 0.3) is 34.1 Å². The van der Waals surface area contributed by atoms with Crippen LogP contribution in [0.1, 0.15) is 0 Å². The number of hydrogen-bond acceptors (Lipinski definition) is 30. The Morgan fingerprint density at radius 1 is 0.151 bits per heavy atom. The summed E-state index contributed by atoms with van der Waals surface area (Å²) in [6.07, 6.45) is 0. The molecule has 126 heavy (non-hydrogen) atoms. The fourth-order valence-electron chi connectivity index (χ4n) is 12.3. The van der Waals surface area contributed by atoms with E-state index in [1.807, 2.05) is 0 Å². The van der Waals surface area contributed by atoms with Gasteiger partial charge in [-0.05, 0) is 287 Å². The molecule has 0 saturated carbocycles. The van der Waals surface area contributed by atoms with E-state index in [1.54, 1.807) is 182 Å². The summed E-state index contributed by atoms with van der Waals surface area (Å²) in [5.74, 6) is 2.76. The van der Waals surface area contributed by atoms with E-state index < -0.39 is 29.5 Å². The zero-order valence-electron chi connectivity index (χ0n) is 64.6. The van der Waals surface area contributed by atoms with E-state index in [4.69, 9.17) is 28.4 Å². The highest BCUT2D eigenvalue weighted by Gasteiger charge is 2.24. The van der Waals surface area contributed by atoms with Gasteiger partial charge < -0.3 is 28.4 Å². The van der Waals surface area contributed by atoms with E-state index in [0.717, 1.165) is 0 Å². The van der Waals surface area contributed by atoms with Crippen LogP contribution in [0.2, 0.25) is 0 Å². The molecule has 0 heterocycles. The summed E-state index contributed by atoms with van der Waals surface area (Å²) in [5, 5.41) is 124. The largest absolute Gasteiger partial charge is 0.453 e. The molecule has 0 spiro atoms. The molecule has 0 aliphatic heterocycles. The number of nitrogens with zero attached hydrogens (tertiary/aromatic N) is 18. The average molecular weight is 1680 g/mol. The Balaban J connectivity index is 0.868. The minimum absolute atomic E-state index is 0.118. The highest BCUT2D eigenvalue weighted by atomic mass is 16.6. The molecule has 0 N–H and O–H groups in total. The van der Waals surface area contributed by atoms with Crippen molar-refractivity contribution in [1.82, 2.24) is 0 Å². The molecule has 612 valence electrons. The lowest BCUT2D eigenvalue weighted by Gasteiger charge is -2.20. The van der Waals surface area contributed by atoms with Gasteiger partial charge >= 0.3 is 0 Å². The van der Waals surface area contributed by atoms with Crippen LogP contribution < -0.4 is 28.4 Å². The molecular formula is C90H54N18O18. The number of nitro benzene ring substituents is 6. The summed E-state index contributed by atoms with van der Waals surface area (Å²) in [6.45, 7) is 0. The molecule has 0 bridgehead atoms. The molecule has 0 fully saturated rings. The van der Waals surface area contributed by atoms with Crippen LogP contribution in [0.3, 0.4) is 0 Å². The van der Waals surface area contributed by atoms with Gasteiger partial charge in [-0.25, -0.2) is 0 Å². The first-order valence-corrected chi connectivity index (χ1v) is 37.4. The lowest BCUT2D eigenvalue weighted by Crippen LogP contribution is -1.96. The van der Waals surface area contributed by atoms with Crippen LogP contribution in [0.5, 0.6) is 69.0 Å². The first kappa shape index (κ1) is 80.9. The normalized spacial score (nSPS) is 11.5. The van der Waals surface area contributed by atoms with E-state index in [-0.39, 0.29) is 68.6 Å². The van der Waals surface area contributed by atoms with Crippen molar-refractivity contribution in [2.75, 3.05) is 0 Å². The molecule has 0 radical (unpaired) electrons. The maximum absolute atomic E-state index is 11.4. The Labute approximate surface area is 707 Å². The van der Waals surface area contributed by atoms with Gasteiger partial charge in [0, 0.05) is 72.8 Å². The van der Waals surface area contributed by atoms with Crippen LogP contribution >= 0.6 is 0 Å². The smallest absolute Gasteiger partial charge is 0.269 e. The number of fused-ring (bicyclic) bond motifs is 6. The van der Waals surface area contributed by atoms with Gasteiger partial charge in [-0.2, -0.15) is 61.4 Å². The van der Waals surface area contributed by atoms with Crippen molar-refractivity contribution in [3.05, 3.63) is 388 Å². The van der Waals surface area contributed by atoms with Gasteiger partial charge in [0.1, 0.15) is 34.5 Å². The van der Waals surface area contributed by atoms with Gasteiger partial charge in [0.2, 0.25) is 0 Å². The van der Waals surface area contributed by atoms with Gasteiger partial charge in [0.05, 0.1) is 97.8 Å². The second kappa shape index (κ2) is 36.5. The second-order valence-electron chi connectivity index (χ2n) is 27.0. The Bertz CT molecular complexity index is 5940. The van der Waals surface area contributed by atoms with E-state index in [0.29, 0.717) is 135 Å². The number of nitro groups is 6. The summed E-state index contributed by atoms with van der Waals surface area (Å²) in [5.41, 5.74) is 3.83. The van der Waals surface area contributed by atoms with Crippen LogP contribution in [0.25, 0.3) is 32.3 Å². The molecule has 0 saturated heterocycles. The van der Waals surface area contributed by atoms with Crippen LogP contribution in [-0.4, -0.2) is 29.5 Å². The topological polar surface area (TPSA) is 463 Å². The number of hydrogen-bond donors (Lipinski definition) is 0. The van der Waals surface area contributed by atoms with Crippen molar-refractivity contribution in [1.29, 1.82) is 0 Å². The first-order valence-electron chi connectivity index (χ1n) is 37.4. The monoisotopic (exact) mass is 1670 g/mol. The maximum atomic E-state index is 11.4. The standard InChI is InChI=1S/C90H54N18O18/c109-103(110)67-25-1-55(2-26-67)91-97-61-13-37-73(38-14-61)121-85-49-79-80(50-86(85)122-74-39-15-62(16-40-74)98-92-56-3-27-68(28-4-56)104(111)112)82-52-88(124-76-43-19-64(20-44-76)100-94-58-7-31-70(32-8-58)106(115)116)90(126-78-47-23-66(24-48-78)102-96-60-11-35-72(36-12-60)108(119)120)54-84(82)83-53-89(125-77-45-21-65(22-46-77)101-95-59-9-33-71(34-10-59)107(117)118)87(51-81(79)83)123-75-41-17-63(18-42-75)99-93-57-5-29-69(30-6-57)105(113)114/h1-54H. The first-order chi connectivity index (χ1) is 61.2. The maximum Gasteiger partial charge on any atom is 0.269 e. The molecule has 36 heteroatoms. The molecule has 0 aromatic heterocycles. The molecule has 0 atom stereocenters. The number of ether oxygens (including phenoxy) is 6. The summed E-state index contributed by atoms with van der Waals surface area (Å²) in [6, 6.07) is 83.9. The summed E-state index contributed by atoms with van der Waals surface area (Å²) in [4.78, 5) is 65.4. The van der Waals surface area contributed by atoms with Crippen LogP contribution in [0, 0.1) is 60.7 Å². The van der Waals surface area contributed by atoms with Gasteiger partial charge in [-0.3, -0.25) is 60.7 Å². The van der Waals surface area contributed by atoms with E-state index >= 15 is 0 Å². The number of azo groups is 6. The van der Waals surface area contributed by atoms with Crippen molar-refractivity contribution in [3.63, 3.8) is 0 Å². The molecule has 16 rings (SSSR count). The Kier molecular flexibility index (Phi) is 23.5. The van der Waals surface area contributed by atoms with Crippen molar-refractivity contribution in [3.8, 4) is 69.0 Å². The van der Waals surface area contributed by atoms with E-state index in [1.165, 1.54) is 146 Å². The molecule has 0 unspecified atom stereocenters.